The van der Waals surface area contributed by atoms with Gasteiger partial charge >= 0.3 is 5.97 Å². The summed E-state index contributed by atoms with van der Waals surface area (Å²) in [5, 5.41) is 17.3. The number of carboxylic acids is 1. The number of fused-ring (bicyclic) bond motifs is 2. The zero-order valence-electron chi connectivity index (χ0n) is 24.2. The van der Waals surface area contributed by atoms with E-state index in [4.69, 9.17) is 26.1 Å². The number of aromatic nitrogens is 3. The Labute approximate surface area is 253 Å². The summed E-state index contributed by atoms with van der Waals surface area (Å²) < 4.78 is 15.1. The molecular weight excluding hydrogens is 572 g/mol. The Morgan fingerprint density at radius 1 is 1.19 bits per heavy atom. The second-order valence-electron chi connectivity index (χ2n) is 11.7. The van der Waals surface area contributed by atoms with Crippen molar-refractivity contribution in [2.45, 2.75) is 45.5 Å². The van der Waals surface area contributed by atoms with Crippen molar-refractivity contribution in [2.24, 2.45) is 7.05 Å². The van der Waals surface area contributed by atoms with Gasteiger partial charge in [0, 0.05) is 35.1 Å². The molecule has 3 aromatic carbocycles. The molecular formula is C32H33ClN4O4S. The van der Waals surface area contributed by atoms with Crippen molar-refractivity contribution in [1.29, 1.82) is 0 Å². The lowest BCUT2D eigenvalue weighted by molar-refractivity contribution is -0.160. The number of carboxylic acid groups (broad SMARTS) is 1. The molecule has 2 atom stereocenters. The highest BCUT2D eigenvalue weighted by Crippen LogP contribution is 2.45. The minimum absolute atomic E-state index is 0.111. The van der Waals surface area contributed by atoms with Crippen LogP contribution in [0.4, 0.5) is 5.13 Å². The molecule has 42 heavy (non-hydrogen) atoms. The van der Waals surface area contributed by atoms with Crippen LogP contribution >= 0.6 is 22.9 Å². The fourth-order valence-corrected chi connectivity index (χ4v) is 6.86. The van der Waals surface area contributed by atoms with Gasteiger partial charge in [-0.1, -0.05) is 41.1 Å². The van der Waals surface area contributed by atoms with Gasteiger partial charge in [-0.15, -0.1) is 0 Å². The van der Waals surface area contributed by atoms with Crippen molar-refractivity contribution in [3.05, 3.63) is 76.4 Å². The zero-order valence-corrected chi connectivity index (χ0v) is 25.8. The first-order valence-corrected chi connectivity index (χ1v) is 15.1. The maximum Gasteiger partial charge on any atom is 0.337 e. The summed E-state index contributed by atoms with van der Waals surface area (Å²) in [4.78, 5) is 19.9. The Bertz CT molecular complexity index is 1790. The van der Waals surface area contributed by atoms with Gasteiger partial charge < -0.3 is 19.5 Å². The molecule has 6 rings (SSSR count). The van der Waals surface area contributed by atoms with E-state index in [-0.39, 0.29) is 6.10 Å². The summed E-state index contributed by atoms with van der Waals surface area (Å²) in [6.07, 6.45) is 0.611. The number of hydrogen-bond donors (Lipinski definition) is 1. The SMILES string of the molecule is Cc1cc2nc(N3CCO[C@H](c4ccc5c(cnn5C)c4)C3)sc2c(-c2ccc(Cl)cc2)c1[C@H](OC(C)(C)C)C(=O)O. The molecule has 8 nitrogen and oxygen atoms in total. The molecule has 1 saturated heterocycles. The average Bonchev–Trinajstić information content (AvgIpc) is 3.54. The molecule has 1 fully saturated rings. The van der Waals surface area contributed by atoms with Crippen LogP contribution in [-0.4, -0.2) is 51.1 Å². The van der Waals surface area contributed by atoms with Crippen LogP contribution in [0.2, 0.25) is 5.02 Å². The Kier molecular flexibility index (Phi) is 7.47. The van der Waals surface area contributed by atoms with Gasteiger partial charge in [0.1, 0.15) is 6.10 Å². The number of halogens is 1. The van der Waals surface area contributed by atoms with Crippen LogP contribution in [0, 0.1) is 6.92 Å². The lowest BCUT2D eigenvalue weighted by Gasteiger charge is -2.33. The summed E-state index contributed by atoms with van der Waals surface area (Å²) in [6.45, 7) is 9.45. The third-order valence-corrected chi connectivity index (χ3v) is 8.89. The smallest absolute Gasteiger partial charge is 0.337 e. The van der Waals surface area contributed by atoms with E-state index in [0.717, 1.165) is 48.5 Å². The number of nitrogens with zero attached hydrogens (tertiary/aromatic N) is 4. The molecule has 0 saturated carbocycles. The van der Waals surface area contributed by atoms with Gasteiger partial charge in [-0.3, -0.25) is 4.68 Å². The molecule has 218 valence electrons. The number of hydrogen-bond acceptors (Lipinski definition) is 7. The number of carbonyl (C=O) groups is 1. The van der Waals surface area contributed by atoms with Gasteiger partial charge in [0.15, 0.2) is 11.2 Å². The first kappa shape index (κ1) is 28.6. The van der Waals surface area contributed by atoms with Crippen molar-refractivity contribution in [3.8, 4) is 11.1 Å². The number of rotatable bonds is 6. The normalized spacial score (nSPS) is 16.8. The lowest BCUT2D eigenvalue weighted by Crippen LogP contribution is -2.38. The van der Waals surface area contributed by atoms with E-state index in [1.807, 2.05) is 76.0 Å². The van der Waals surface area contributed by atoms with Crippen LogP contribution in [0.1, 0.15) is 49.7 Å². The fourth-order valence-electron chi connectivity index (χ4n) is 5.57. The minimum Gasteiger partial charge on any atom is -0.479 e. The minimum atomic E-state index is -1.15. The summed E-state index contributed by atoms with van der Waals surface area (Å²) >= 11 is 7.81. The van der Waals surface area contributed by atoms with Gasteiger partial charge in [0.05, 0.1) is 40.7 Å². The highest BCUT2D eigenvalue weighted by Gasteiger charge is 2.33. The van der Waals surface area contributed by atoms with Crippen molar-refractivity contribution >= 4 is 55.2 Å². The molecule has 3 heterocycles. The third kappa shape index (κ3) is 5.49. The highest BCUT2D eigenvalue weighted by atomic mass is 35.5. The Balaban J connectivity index is 1.44. The number of benzene rings is 3. The molecule has 1 aliphatic heterocycles. The molecule has 1 aliphatic rings. The molecule has 0 spiro atoms. The number of ether oxygens (including phenoxy) is 2. The second-order valence-corrected chi connectivity index (χ2v) is 13.1. The maximum atomic E-state index is 12.6. The molecule has 0 unspecified atom stereocenters. The van der Waals surface area contributed by atoms with Crippen molar-refractivity contribution in [2.75, 3.05) is 24.6 Å². The molecule has 0 bridgehead atoms. The molecule has 1 N–H and O–H groups in total. The van der Waals surface area contributed by atoms with Crippen molar-refractivity contribution < 1.29 is 19.4 Å². The molecule has 0 amide bonds. The summed E-state index contributed by atoms with van der Waals surface area (Å²) in [5.41, 5.74) is 5.46. The number of anilines is 1. The molecule has 10 heteroatoms. The van der Waals surface area contributed by atoms with E-state index in [1.165, 1.54) is 0 Å². The Hall–Kier alpha value is -3.50. The maximum absolute atomic E-state index is 12.6. The average molecular weight is 605 g/mol. The quantitative estimate of drug-likeness (QED) is 0.217. The van der Waals surface area contributed by atoms with Crippen molar-refractivity contribution in [1.82, 2.24) is 14.8 Å². The van der Waals surface area contributed by atoms with E-state index in [0.29, 0.717) is 30.3 Å². The van der Waals surface area contributed by atoms with Gasteiger partial charge in [0.2, 0.25) is 0 Å². The summed E-state index contributed by atoms with van der Waals surface area (Å²) in [7, 11) is 1.94. The Morgan fingerprint density at radius 2 is 1.95 bits per heavy atom. The standard InChI is InChI=1S/C32H33ClN4O4S/c1-18-14-23-29(27(19-6-9-22(33)10-7-19)26(18)28(30(38)39)41-32(2,3)4)42-31(35-23)37-12-13-40-25(17-37)20-8-11-24-21(15-20)16-34-36(24)5/h6-11,14-16,25,28H,12-13,17H2,1-5H3,(H,38,39)/t25-,28-/m0/s1. The number of aliphatic carboxylic acids is 1. The van der Waals surface area contributed by atoms with Gasteiger partial charge in [-0.2, -0.15) is 5.10 Å². The summed E-state index contributed by atoms with van der Waals surface area (Å²) in [5.74, 6) is -1.03. The predicted octanol–water partition coefficient (Wildman–Crippen LogP) is 7.33. The monoisotopic (exact) mass is 604 g/mol. The van der Waals surface area contributed by atoms with Crippen LogP contribution < -0.4 is 4.90 Å². The van der Waals surface area contributed by atoms with Gasteiger partial charge in [-0.25, -0.2) is 9.78 Å². The number of thiazole rings is 1. The van der Waals surface area contributed by atoms with E-state index in [1.54, 1.807) is 11.3 Å². The van der Waals surface area contributed by atoms with Crippen LogP contribution in [0.5, 0.6) is 0 Å². The molecule has 0 aliphatic carbocycles. The first-order chi connectivity index (χ1) is 20.0. The van der Waals surface area contributed by atoms with Crippen LogP contribution in [0.15, 0.2) is 54.7 Å². The van der Waals surface area contributed by atoms with E-state index in [2.05, 4.69) is 28.2 Å². The number of morpholine rings is 1. The van der Waals surface area contributed by atoms with Gasteiger partial charge in [0.25, 0.3) is 0 Å². The topological polar surface area (TPSA) is 89.7 Å². The third-order valence-electron chi connectivity index (χ3n) is 7.49. The van der Waals surface area contributed by atoms with Crippen LogP contribution in [0.25, 0.3) is 32.2 Å². The zero-order chi connectivity index (χ0) is 29.8. The second kappa shape index (κ2) is 11.0. The largest absolute Gasteiger partial charge is 0.479 e. The molecule has 2 aromatic heterocycles. The predicted molar refractivity (Wildman–Crippen MR) is 168 cm³/mol. The van der Waals surface area contributed by atoms with E-state index >= 15 is 0 Å². The summed E-state index contributed by atoms with van der Waals surface area (Å²) in [6, 6.07) is 15.8. The van der Waals surface area contributed by atoms with Crippen molar-refractivity contribution in [3.63, 3.8) is 0 Å². The van der Waals surface area contributed by atoms with Crippen LogP contribution in [-0.2, 0) is 21.3 Å². The van der Waals surface area contributed by atoms with E-state index in [9.17, 15) is 9.90 Å². The van der Waals surface area contributed by atoms with Gasteiger partial charge in [-0.05, 0) is 74.7 Å². The Morgan fingerprint density at radius 3 is 2.67 bits per heavy atom. The molecule has 0 radical (unpaired) electrons. The first-order valence-electron chi connectivity index (χ1n) is 13.9. The highest BCUT2D eigenvalue weighted by molar-refractivity contribution is 7.22. The van der Waals surface area contributed by atoms with Crippen LogP contribution in [0.3, 0.4) is 0 Å². The fraction of sp³-hybridized carbons (Fsp3) is 0.344. The van der Waals surface area contributed by atoms with E-state index < -0.39 is 17.7 Å². The lowest BCUT2D eigenvalue weighted by atomic mass is 9.91. The number of aryl methyl sites for hydroxylation is 2. The molecule has 5 aromatic rings.